The lowest BCUT2D eigenvalue weighted by molar-refractivity contribution is -0.00582. The Morgan fingerprint density at radius 1 is 1.00 bits per heavy atom. The van der Waals surface area contributed by atoms with Crippen molar-refractivity contribution in [2.45, 2.75) is 24.9 Å². The first-order chi connectivity index (χ1) is 14.6. The number of hydrogen-bond donors (Lipinski definition) is 0. The van der Waals surface area contributed by atoms with E-state index in [9.17, 15) is 9.59 Å². The minimum Gasteiger partial charge on any atom is -0.497 e. The van der Waals surface area contributed by atoms with Crippen LogP contribution in [0, 0.1) is 0 Å². The summed E-state index contributed by atoms with van der Waals surface area (Å²) in [5, 5.41) is 0. The Balaban J connectivity index is 1.30. The molecule has 7 heteroatoms. The number of carbonyl (C=O) groups excluding carboxylic acids is 2. The van der Waals surface area contributed by atoms with Gasteiger partial charge in [-0.15, -0.1) is 0 Å². The first-order valence-corrected chi connectivity index (χ1v) is 10.2. The number of Topliss-reactive ketones (excluding diaryl/α,β-unsaturated/α-hetero) is 1. The molecular weight excluding hydrogens is 386 g/mol. The van der Waals surface area contributed by atoms with Crippen molar-refractivity contribution >= 4 is 11.7 Å². The highest BCUT2D eigenvalue weighted by Gasteiger charge is 2.44. The van der Waals surface area contributed by atoms with Gasteiger partial charge in [0.05, 0.1) is 19.1 Å². The fraction of sp³-hybridized carbons (Fsp3) is 0.391. The summed E-state index contributed by atoms with van der Waals surface area (Å²) in [6.45, 7) is 2.05. The van der Waals surface area contributed by atoms with E-state index in [-0.39, 0.29) is 11.7 Å². The molecule has 156 valence electrons. The summed E-state index contributed by atoms with van der Waals surface area (Å²) in [6.07, 6.45) is 1.54. The van der Waals surface area contributed by atoms with E-state index >= 15 is 0 Å². The van der Waals surface area contributed by atoms with Crippen LogP contribution in [-0.2, 0) is 0 Å². The highest BCUT2D eigenvalue weighted by atomic mass is 16.6. The number of ether oxygens (including phenoxy) is 4. The number of likely N-dealkylation sites (tertiary alicyclic amines) is 1. The number of amides is 1. The number of benzene rings is 2. The summed E-state index contributed by atoms with van der Waals surface area (Å²) in [4.78, 5) is 27.5. The average Bonchev–Trinajstić information content (AvgIpc) is 2.78. The number of carbonyl (C=O) groups is 2. The molecule has 2 aromatic carbocycles. The van der Waals surface area contributed by atoms with Crippen molar-refractivity contribution in [2.24, 2.45) is 0 Å². The molecule has 3 aliphatic heterocycles. The molecule has 3 aliphatic rings. The first kappa shape index (κ1) is 18.8. The van der Waals surface area contributed by atoms with Crippen LogP contribution < -0.4 is 18.9 Å². The average molecular weight is 409 g/mol. The van der Waals surface area contributed by atoms with Crippen LogP contribution in [0.4, 0.5) is 0 Å². The van der Waals surface area contributed by atoms with Gasteiger partial charge in [-0.25, -0.2) is 0 Å². The summed E-state index contributed by atoms with van der Waals surface area (Å²) in [5.74, 6) is 2.52. The van der Waals surface area contributed by atoms with Gasteiger partial charge in [0.25, 0.3) is 5.91 Å². The Hall–Kier alpha value is -3.22. The molecule has 0 bridgehead atoms. The molecule has 1 saturated heterocycles. The summed E-state index contributed by atoms with van der Waals surface area (Å²) >= 11 is 0. The monoisotopic (exact) mass is 409 g/mol. The predicted molar refractivity (Wildman–Crippen MR) is 108 cm³/mol. The Morgan fingerprint density at radius 2 is 1.77 bits per heavy atom. The Labute approximate surface area is 174 Å². The van der Waals surface area contributed by atoms with Crippen LogP contribution in [0.1, 0.15) is 40.0 Å². The smallest absolute Gasteiger partial charge is 0.253 e. The van der Waals surface area contributed by atoms with Crippen molar-refractivity contribution in [3.05, 3.63) is 47.5 Å². The van der Waals surface area contributed by atoms with Crippen LogP contribution in [0.2, 0.25) is 0 Å². The van der Waals surface area contributed by atoms with Crippen molar-refractivity contribution in [1.29, 1.82) is 0 Å². The minimum atomic E-state index is -0.569. The summed E-state index contributed by atoms with van der Waals surface area (Å²) in [5.41, 5.74) is 0.599. The van der Waals surface area contributed by atoms with Gasteiger partial charge in [0, 0.05) is 37.6 Å². The zero-order chi connectivity index (χ0) is 20.7. The first-order valence-electron chi connectivity index (χ1n) is 10.2. The topological polar surface area (TPSA) is 74.3 Å². The molecular formula is C23H23NO6. The molecule has 1 fully saturated rings. The molecule has 2 aromatic rings. The van der Waals surface area contributed by atoms with Gasteiger partial charge in [-0.05, 0) is 30.3 Å². The van der Waals surface area contributed by atoms with Gasteiger partial charge in [0.2, 0.25) is 0 Å². The number of piperidine rings is 1. The van der Waals surface area contributed by atoms with E-state index in [2.05, 4.69) is 0 Å². The maximum Gasteiger partial charge on any atom is 0.253 e. The van der Waals surface area contributed by atoms with Gasteiger partial charge < -0.3 is 23.8 Å². The van der Waals surface area contributed by atoms with Crippen molar-refractivity contribution < 1.29 is 28.5 Å². The van der Waals surface area contributed by atoms with Gasteiger partial charge in [0.15, 0.2) is 17.3 Å². The molecule has 0 saturated carbocycles. The molecule has 1 spiro atoms. The van der Waals surface area contributed by atoms with Crippen molar-refractivity contribution in [3.63, 3.8) is 0 Å². The van der Waals surface area contributed by atoms with E-state index < -0.39 is 5.60 Å². The third-order valence-corrected chi connectivity index (χ3v) is 6.05. The lowest BCUT2D eigenvalue weighted by Crippen LogP contribution is -2.52. The summed E-state index contributed by atoms with van der Waals surface area (Å²) in [6, 6.07) is 10.6. The molecule has 0 aliphatic carbocycles. The molecule has 7 nitrogen and oxygen atoms in total. The molecule has 0 aromatic heterocycles. The number of nitrogens with zero attached hydrogens (tertiary/aromatic N) is 1. The molecule has 0 radical (unpaired) electrons. The second kappa shape index (κ2) is 7.23. The lowest BCUT2D eigenvalue weighted by atomic mass is 9.82. The highest BCUT2D eigenvalue weighted by Crippen LogP contribution is 2.41. The van der Waals surface area contributed by atoms with Crippen LogP contribution >= 0.6 is 0 Å². The lowest BCUT2D eigenvalue weighted by Gasteiger charge is -2.44. The second-order valence-corrected chi connectivity index (χ2v) is 7.90. The van der Waals surface area contributed by atoms with Crippen LogP contribution in [0.5, 0.6) is 23.0 Å². The number of ketones is 1. The van der Waals surface area contributed by atoms with Crippen LogP contribution in [0.3, 0.4) is 0 Å². The maximum atomic E-state index is 13.0. The number of rotatable bonds is 2. The predicted octanol–water partition coefficient (Wildman–Crippen LogP) is 3.11. The van der Waals surface area contributed by atoms with Crippen molar-refractivity contribution in [3.8, 4) is 23.0 Å². The summed E-state index contributed by atoms with van der Waals surface area (Å²) < 4.78 is 22.7. The van der Waals surface area contributed by atoms with Gasteiger partial charge in [-0.3, -0.25) is 9.59 Å². The van der Waals surface area contributed by atoms with E-state index in [4.69, 9.17) is 18.9 Å². The van der Waals surface area contributed by atoms with Gasteiger partial charge in [-0.2, -0.15) is 0 Å². The minimum absolute atomic E-state index is 0.0500. The third kappa shape index (κ3) is 3.24. The number of fused-ring (bicyclic) bond motifs is 2. The zero-order valence-corrected chi connectivity index (χ0v) is 16.8. The van der Waals surface area contributed by atoms with Gasteiger partial charge in [0.1, 0.15) is 30.3 Å². The normalized spacial score (nSPS) is 19.1. The Kier molecular flexibility index (Phi) is 4.53. The van der Waals surface area contributed by atoms with Crippen molar-refractivity contribution in [2.75, 3.05) is 33.4 Å². The van der Waals surface area contributed by atoms with Crippen molar-refractivity contribution in [1.82, 2.24) is 4.90 Å². The molecule has 0 unspecified atom stereocenters. The fourth-order valence-electron chi connectivity index (χ4n) is 4.36. The van der Waals surface area contributed by atoms with E-state index in [1.165, 1.54) is 0 Å². The van der Waals surface area contributed by atoms with Crippen LogP contribution in [0.25, 0.3) is 0 Å². The van der Waals surface area contributed by atoms with Crippen LogP contribution in [0.15, 0.2) is 36.4 Å². The molecule has 5 rings (SSSR count). The molecule has 0 N–H and O–H groups in total. The van der Waals surface area contributed by atoms with E-state index in [1.54, 1.807) is 43.5 Å². The molecule has 30 heavy (non-hydrogen) atoms. The molecule has 3 heterocycles. The fourth-order valence-corrected chi connectivity index (χ4v) is 4.36. The molecule has 0 atom stereocenters. The van der Waals surface area contributed by atoms with Gasteiger partial charge in [-0.1, -0.05) is 0 Å². The maximum absolute atomic E-state index is 13.0. The van der Waals surface area contributed by atoms with E-state index in [0.29, 0.717) is 79.7 Å². The van der Waals surface area contributed by atoms with Gasteiger partial charge >= 0.3 is 0 Å². The largest absolute Gasteiger partial charge is 0.497 e. The number of methoxy groups -OCH3 is 1. The zero-order valence-electron chi connectivity index (χ0n) is 16.8. The third-order valence-electron chi connectivity index (χ3n) is 6.05. The Morgan fingerprint density at radius 3 is 2.53 bits per heavy atom. The Bertz CT molecular complexity index is 1010. The number of hydrogen-bond acceptors (Lipinski definition) is 6. The standard InChI is InChI=1S/C23H23NO6/c1-27-16-3-4-17-18(25)14-23(30-20(17)13-16)6-8-24(9-7-23)22(26)15-2-5-19-21(12-15)29-11-10-28-19/h2-5,12-13H,6-11,14H2,1H3. The highest BCUT2D eigenvalue weighted by molar-refractivity contribution is 6.00. The quantitative estimate of drug-likeness (QED) is 0.759. The molecule has 1 amide bonds. The second-order valence-electron chi connectivity index (χ2n) is 7.90. The van der Waals surface area contributed by atoms with Crippen LogP contribution in [-0.4, -0.2) is 55.6 Å². The van der Waals surface area contributed by atoms with E-state index in [1.807, 2.05) is 4.90 Å². The SMILES string of the molecule is COc1ccc2c(c1)OC1(CCN(C(=O)c3ccc4c(c3)OCCO4)CC1)CC2=O. The van der Waals surface area contributed by atoms with E-state index in [0.717, 1.165) is 0 Å². The summed E-state index contributed by atoms with van der Waals surface area (Å²) in [7, 11) is 1.59.